The molecule has 1 saturated carbocycles. The summed E-state index contributed by atoms with van der Waals surface area (Å²) >= 11 is 0. The largest absolute Gasteiger partial charge is 0.356 e. The Morgan fingerprint density at radius 2 is 1.55 bits per heavy atom. The monoisotopic (exact) mass is 293 g/mol. The molecule has 1 aliphatic carbocycles. The molecule has 1 aliphatic rings. The molecule has 1 amide bonds. The Morgan fingerprint density at radius 1 is 1.05 bits per heavy atom. The fourth-order valence-electron chi connectivity index (χ4n) is 3.05. The predicted octanol–water partition coefficient (Wildman–Crippen LogP) is 3.98. The first-order valence-electron chi connectivity index (χ1n) is 8.13. The van der Waals surface area contributed by atoms with E-state index in [2.05, 4.69) is 60.8 Å². The van der Waals surface area contributed by atoms with E-state index in [9.17, 15) is 4.79 Å². The van der Waals surface area contributed by atoms with Crippen molar-refractivity contribution >= 4 is 5.91 Å². The first-order chi connectivity index (χ1) is 10.8. The molecule has 0 unspecified atom stereocenters. The van der Waals surface area contributed by atoms with Crippen molar-refractivity contribution < 1.29 is 4.79 Å². The van der Waals surface area contributed by atoms with Crippen LogP contribution >= 0.6 is 0 Å². The summed E-state index contributed by atoms with van der Waals surface area (Å²) in [6, 6.07) is 21.1. The van der Waals surface area contributed by atoms with Crippen LogP contribution in [0.25, 0.3) is 0 Å². The van der Waals surface area contributed by atoms with E-state index >= 15 is 0 Å². The lowest BCUT2D eigenvalue weighted by atomic mass is 9.88. The Labute approximate surface area is 132 Å². The topological polar surface area (TPSA) is 29.1 Å². The number of amides is 1. The summed E-state index contributed by atoms with van der Waals surface area (Å²) in [5.74, 6) is 1.39. The van der Waals surface area contributed by atoms with Crippen LogP contribution in [0.3, 0.4) is 0 Å². The van der Waals surface area contributed by atoms with Crippen LogP contribution in [0.1, 0.15) is 36.8 Å². The predicted molar refractivity (Wildman–Crippen MR) is 89.6 cm³/mol. The van der Waals surface area contributed by atoms with Crippen molar-refractivity contribution in [2.75, 3.05) is 6.54 Å². The highest BCUT2D eigenvalue weighted by molar-refractivity contribution is 5.81. The Morgan fingerprint density at radius 3 is 2.00 bits per heavy atom. The van der Waals surface area contributed by atoms with Gasteiger partial charge in [-0.25, -0.2) is 0 Å². The molecule has 2 heteroatoms. The van der Waals surface area contributed by atoms with E-state index in [0.717, 1.165) is 19.4 Å². The van der Waals surface area contributed by atoms with Gasteiger partial charge in [0.25, 0.3) is 0 Å². The molecular formula is C20H23NO. The van der Waals surface area contributed by atoms with Gasteiger partial charge in [0.1, 0.15) is 0 Å². The van der Waals surface area contributed by atoms with Crippen LogP contribution in [0.4, 0.5) is 0 Å². The lowest BCUT2D eigenvalue weighted by molar-refractivity contribution is -0.122. The molecule has 1 N–H and O–H groups in total. The maximum Gasteiger partial charge on any atom is 0.223 e. The highest BCUT2D eigenvalue weighted by atomic mass is 16.2. The third-order valence-corrected chi connectivity index (χ3v) is 4.58. The lowest BCUT2D eigenvalue weighted by Crippen LogP contribution is -2.27. The number of carbonyl (C=O) groups is 1. The fourth-order valence-corrected chi connectivity index (χ4v) is 3.05. The van der Waals surface area contributed by atoms with Gasteiger partial charge in [-0.15, -0.1) is 0 Å². The van der Waals surface area contributed by atoms with E-state index in [1.165, 1.54) is 11.1 Å². The third-order valence-electron chi connectivity index (χ3n) is 4.58. The van der Waals surface area contributed by atoms with Crippen molar-refractivity contribution in [3.63, 3.8) is 0 Å². The van der Waals surface area contributed by atoms with E-state index in [4.69, 9.17) is 0 Å². The van der Waals surface area contributed by atoms with Gasteiger partial charge in [-0.2, -0.15) is 0 Å². The Kier molecular flexibility index (Phi) is 4.57. The molecular weight excluding hydrogens is 270 g/mol. The minimum Gasteiger partial charge on any atom is -0.356 e. The molecule has 0 bridgehead atoms. The molecule has 2 aromatic carbocycles. The number of hydrogen-bond donors (Lipinski definition) is 1. The molecule has 0 spiro atoms. The van der Waals surface area contributed by atoms with Crippen LogP contribution in [0.15, 0.2) is 60.7 Å². The summed E-state index contributed by atoms with van der Waals surface area (Å²) in [7, 11) is 0. The molecule has 2 nitrogen and oxygen atoms in total. The summed E-state index contributed by atoms with van der Waals surface area (Å²) in [5.41, 5.74) is 2.62. The smallest absolute Gasteiger partial charge is 0.223 e. The van der Waals surface area contributed by atoms with Gasteiger partial charge in [-0.1, -0.05) is 67.6 Å². The number of nitrogens with one attached hydrogen (secondary N) is 1. The first kappa shape index (κ1) is 14.8. The van der Waals surface area contributed by atoms with Crippen LogP contribution in [-0.2, 0) is 4.79 Å². The minimum absolute atomic E-state index is 0.229. The molecule has 2 atom stereocenters. The van der Waals surface area contributed by atoms with Crippen LogP contribution in [0, 0.1) is 11.8 Å². The van der Waals surface area contributed by atoms with E-state index < -0.39 is 0 Å². The molecule has 0 heterocycles. The highest BCUT2D eigenvalue weighted by Crippen LogP contribution is 2.37. The summed E-state index contributed by atoms with van der Waals surface area (Å²) in [5, 5.41) is 3.11. The number of rotatable bonds is 6. The van der Waals surface area contributed by atoms with Crippen molar-refractivity contribution in [2.24, 2.45) is 11.8 Å². The highest BCUT2D eigenvalue weighted by Gasteiger charge is 2.38. The zero-order valence-corrected chi connectivity index (χ0v) is 13.0. The lowest BCUT2D eigenvalue weighted by Gasteiger charge is -2.18. The van der Waals surface area contributed by atoms with Crippen LogP contribution in [-0.4, -0.2) is 12.5 Å². The molecule has 0 radical (unpaired) electrons. The van der Waals surface area contributed by atoms with Crippen molar-refractivity contribution in [3.05, 3.63) is 71.8 Å². The molecule has 1 fully saturated rings. The fraction of sp³-hybridized carbons (Fsp3) is 0.350. The van der Waals surface area contributed by atoms with E-state index in [0.29, 0.717) is 11.8 Å². The van der Waals surface area contributed by atoms with Crippen molar-refractivity contribution in [2.45, 2.75) is 25.7 Å². The first-order valence-corrected chi connectivity index (χ1v) is 8.13. The molecule has 0 aliphatic heterocycles. The SMILES string of the molecule is C[C@@H]1C[C@H]1C(=O)NCCC(c1ccccc1)c1ccccc1. The van der Waals surface area contributed by atoms with Gasteiger partial charge in [0.05, 0.1) is 0 Å². The minimum atomic E-state index is 0.229. The van der Waals surface area contributed by atoms with Crippen LogP contribution < -0.4 is 5.32 Å². The Balaban J connectivity index is 1.66. The second-order valence-electron chi connectivity index (χ2n) is 6.27. The summed E-state index contributed by atoms with van der Waals surface area (Å²) in [6.45, 7) is 2.87. The van der Waals surface area contributed by atoms with Gasteiger partial charge in [-0.3, -0.25) is 4.79 Å². The van der Waals surface area contributed by atoms with Gasteiger partial charge in [0.2, 0.25) is 5.91 Å². The molecule has 0 aromatic heterocycles. The van der Waals surface area contributed by atoms with Crippen molar-refractivity contribution in [1.29, 1.82) is 0 Å². The second kappa shape index (κ2) is 6.78. The molecule has 22 heavy (non-hydrogen) atoms. The Bertz CT molecular complexity index is 569. The third kappa shape index (κ3) is 3.56. The number of hydrogen-bond acceptors (Lipinski definition) is 1. The van der Waals surface area contributed by atoms with Crippen LogP contribution in [0.2, 0.25) is 0 Å². The van der Waals surface area contributed by atoms with Gasteiger partial charge in [-0.05, 0) is 29.9 Å². The van der Waals surface area contributed by atoms with Gasteiger partial charge in [0.15, 0.2) is 0 Å². The molecule has 114 valence electrons. The van der Waals surface area contributed by atoms with Crippen LogP contribution in [0.5, 0.6) is 0 Å². The average Bonchev–Trinajstić information content (AvgIpc) is 3.30. The average molecular weight is 293 g/mol. The zero-order chi connectivity index (χ0) is 15.4. The van der Waals surface area contributed by atoms with E-state index in [1.54, 1.807) is 0 Å². The maximum atomic E-state index is 12.0. The standard InChI is InChI=1S/C20H23NO/c1-15-14-19(15)20(22)21-13-12-18(16-8-4-2-5-9-16)17-10-6-3-7-11-17/h2-11,15,18-19H,12-14H2,1H3,(H,21,22)/t15-,19-/m1/s1. The quantitative estimate of drug-likeness (QED) is 0.857. The summed E-state index contributed by atoms with van der Waals surface area (Å²) < 4.78 is 0. The number of carbonyl (C=O) groups excluding carboxylic acids is 1. The van der Waals surface area contributed by atoms with Crippen molar-refractivity contribution in [3.8, 4) is 0 Å². The molecule has 0 saturated heterocycles. The molecule has 2 aromatic rings. The summed E-state index contributed by atoms with van der Waals surface area (Å²) in [4.78, 5) is 12.0. The summed E-state index contributed by atoms with van der Waals surface area (Å²) in [6.07, 6.45) is 1.98. The van der Waals surface area contributed by atoms with Gasteiger partial charge in [0, 0.05) is 18.4 Å². The number of benzene rings is 2. The maximum absolute atomic E-state index is 12.0. The Hall–Kier alpha value is -2.09. The molecule has 3 rings (SSSR count). The second-order valence-corrected chi connectivity index (χ2v) is 6.27. The van der Waals surface area contributed by atoms with Gasteiger partial charge < -0.3 is 5.32 Å². The van der Waals surface area contributed by atoms with E-state index in [1.807, 2.05) is 12.1 Å². The van der Waals surface area contributed by atoms with E-state index in [-0.39, 0.29) is 11.8 Å². The normalized spacial score (nSPS) is 19.9. The van der Waals surface area contributed by atoms with Gasteiger partial charge >= 0.3 is 0 Å². The van der Waals surface area contributed by atoms with Crippen molar-refractivity contribution in [1.82, 2.24) is 5.32 Å². The zero-order valence-electron chi connectivity index (χ0n) is 13.0.